The molecule has 0 bridgehead atoms. The van der Waals surface area contributed by atoms with Crippen LogP contribution in [0.4, 0.5) is 21.0 Å². The fourth-order valence-corrected chi connectivity index (χ4v) is 7.27. The van der Waals surface area contributed by atoms with Crippen molar-refractivity contribution < 1.29 is 158 Å². The number of carbonyl (C=O) groups excluding carboxylic acids is 4. The molecule has 0 unspecified atom stereocenters. The summed E-state index contributed by atoms with van der Waals surface area (Å²) < 4.78 is 2.39. The number of anilines is 2. The molecule has 16 nitrogen and oxygen atoms in total. The molecular weight excluding hydrogens is 937 g/mol. The number of rotatable bonds is 14. The molecule has 0 saturated carbocycles. The quantitative estimate of drug-likeness (QED) is 0.0751. The zero-order valence-corrected chi connectivity index (χ0v) is 49.4. The molecule has 0 spiro atoms. The average molecular weight is 987 g/mol. The van der Waals surface area contributed by atoms with Crippen LogP contribution in [0, 0.1) is 27.7 Å². The number of aryl methyl sites for hydroxylation is 6. The third-order valence-corrected chi connectivity index (χ3v) is 10.6. The van der Waals surface area contributed by atoms with E-state index in [4.69, 9.17) is 0 Å². The van der Waals surface area contributed by atoms with E-state index >= 15 is 0 Å². The monoisotopic (exact) mass is 986 g/mol. The van der Waals surface area contributed by atoms with Crippen molar-refractivity contribution in [3.05, 3.63) is 186 Å². The molecule has 4 amide bonds. The normalized spacial score (nSPS) is 10.9. The number of nitrogens with zero attached hydrogens (tertiary/aromatic N) is 2. The number of carboxylic acid groups (broad SMARTS) is 2. The van der Waals surface area contributed by atoms with Crippen LogP contribution in [0.15, 0.2) is 119 Å². The van der Waals surface area contributed by atoms with E-state index in [1.807, 2.05) is 80.6 Å². The van der Waals surface area contributed by atoms with Gasteiger partial charge in [0, 0.05) is 51.3 Å². The summed E-state index contributed by atoms with van der Waals surface area (Å²) in [6.07, 6.45) is 3.09. The van der Waals surface area contributed by atoms with Crippen molar-refractivity contribution in [1.82, 2.24) is 19.8 Å². The van der Waals surface area contributed by atoms with E-state index in [0.29, 0.717) is 35.1 Å². The van der Waals surface area contributed by atoms with E-state index in [0.717, 1.165) is 33.4 Å². The molecule has 0 saturated heterocycles. The van der Waals surface area contributed by atoms with Crippen LogP contribution >= 0.6 is 0 Å². The number of carbonyl (C=O) groups is 4. The number of carboxylic acids is 2. The molecule has 2 aromatic heterocycles. The van der Waals surface area contributed by atoms with Gasteiger partial charge in [-0.15, -0.1) is 0 Å². The van der Waals surface area contributed by atoms with Crippen molar-refractivity contribution in [2.24, 2.45) is 14.1 Å². The van der Waals surface area contributed by atoms with Crippen molar-refractivity contribution in [1.29, 1.82) is 0 Å². The Labute approximate surface area is 494 Å². The van der Waals surface area contributed by atoms with Gasteiger partial charge >= 0.3 is 130 Å². The van der Waals surface area contributed by atoms with Gasteiger partial charge in [-0.25, -0.2) is 9.59 Å². The number of urea groups is 2. The van der Waals surface area contributed by atoms with Crippen LogP contribution in [0.2, 0.25) is 0 Å². The van der Waals surface area contributed by atoms with E-state index in [1.165, 1.54) is 49.5 Å². The number of pyridine rings is 2. The SMILES string of the molecule is Cc1ccc(Cc2cccc([C@H](CC(=O)[O-])NC(=O)Nc3c([O-])c(C)cn(C)c3=O)c2)cc1.Cc1cccc(Cc2cccc([C@H](CC(=O)[O-])NC(=O)Nc3c([O-])c(C)cn(C)c3=O)c2)c1.[Na+].[Na+].[Na+].[Na+]. The summed E-state index contributed by atoms with van der Waals surface area (Å²) in [4.78, 5) is 72.4. The zero-order valence-electron chi connectivity index (χ0n) is 41.4. The molecule has 0 radical (unpaired) electrons. The van der Waals surface area contributed by atoms with Crippen LogP contribution < -0.4 is 171 Å². The van der Waals surface area contributed by atoms with Gasteiger partial charge in [-0.2, -0.15) is 0 Å². The topological polar surface area (TPSA) is 253 Å². The van der Waals surface area contributed by atoms with Crippen LogP contribution in [0.25, 0.3) is 0 Å². The number of hydrogen-bond donors (Lipinski definition) is 4. The molecule has 0 aliphatic carbocycles. The van der Waals surface area contributed by atoms with E-state index in [9.17, 15) is 49.2 Å². The summed E-state index contributed by atoms with van der Waals surface area (Å²) in [6.45, 7) is 7.08. The Hall–Kier alpha value is -4.14. The molecule has 4 aromatic carbocycles. The summed E-state index contributed by atoms with van der Waals surface area (Å²) in [5.41, 5.74) is 6.00. The number of aromatic nitrogens is 2. The second-order valence-electron chi connectivity index (χ2n) is 16.1. The largest absolute Gasteiger partial charge is 1.00 e. The first kappa shape index (κ1) is 63.9. The van der Waals surface area contributed by atoms with Crippen molar-refractivity contribution in [2.45, 2.75) is 65.5 Å². The first-order chi connectivity index (χ1) is 31.3. The Morgan fingerprint density at radius 2 is 0.886 bits per heavy atom. The van der Waals surface area contributed by atoms with E-state index in [2.05, 4.69) is 27.3 Å². The number of hydrogen-bond acceptors (Lipinski definition) is 10. The van der Waals surface area contributed by atoms with Gasteiger partial charge < -0.3 is 60.4 Å². The molecule has 0 aliphatic heterocycles. The first-order valence-corrected chi connectivity index (χ1v) is 20.9. The van der Waals surface area contributed by atoms with E-state index in [1.54, 1.807) is 24.3 Å². The third kappa shape index (κ3) is 18.8. The fourth-order valence-electron chi connectivity index (χ4n) is 7.27. The number of amides is 4. The Bertz CT molecular complexity index is 2890. The molecule has 2 heterocycles. The van der Waals surface area contributed by atoms with Crippen LogP contribution in [0.3, 0.4) is 0 Å². The van der Waals surface area contributed by atoms with E-state index in [-0.39, 0.29) is 118 Å². The minimum Gasteiger partial charge on any atom is -0.871 e. The molecule has 70 heavy (non-hydrogen) atoms. The van der Waals surface area contributed by atoms with Crippen molar-refractivity contribution in [3.63, 3.8) is 0 Å². The number of nitrogens with one attached hydrogen (secondary N) is 4. The van der Waals surface area contributed by atoms with Crippen LogP contribution in [0.1, 0.15) is 80.6 Å². The van der Waals surface area contributed by atoms with Gasteiger partial charge in [-0.1, -0.05) is 120 Å². The maximum Gasteiger partial charge on any atom is 1.00 e. The first-order valence-electron chi connectivity index (χ1n) is 20.9. The molecular formula is C50H50N6Na4O10. The number of aliphatic carboxylic acids is 2. The van der Waals surface area contributed by atoms with Crippen LogP contribution in [-0.2, 0) is 36.5 Å². The Balaban J connectivity index is 0.000000662. The van der Waals surface area contributed by atoms with Gasteiger partial charge in [0.15, 0.2) is 0 Å². The zero-order chi connectivity index (χ0) is 48.2. The van der Waals surface area contributed by atoms with Crippen LogP contribution in [-0.4, -0.2) is 33.1 Å². The Morgan fingerprint density at radius 3 is 1.27 bits per heavy atom. The summed E-state index contributed by atoms with van der Waals surface area (Å²) in [6, 6.07) is 27.0. The summed E-state index contributed by atoms with van der Waals surface area (Å²) in [5.74, 6) is -3.88. The Kier molecular flexibility index (Phi) is 27.4. The predicted octanol–water partition coefficient (Wildman–Crippen LogP) is -8.65. The van der Waals surface area contributed by atoms with E-state index < -0.39 is 82.9 Å². The molecule has 4 N–H and O–H groups in total. The number of benzene rings is 4. The molecule has 2 atom stereocenters. The third-order valence-electron chi connectivity index (χ3n) is 10.6. The summed E-state index contributed by atoms with van der Waals surface area (Å²) >= 11 is 0. The van der Waals surface area contributed by atoms with Crippen molar-refractivity contribution >= 4 is 35.4 Å². The van der Waals surface area contributed by atoms with Crippen molar-refractivity contribution in [2.75, 3.05) is 10.6 Å². The molecule has 6 aromatic rings. The summed E-state index contributed by atoms with van der Waals surface area (Å²) in [7, 11) is 2.94. The minimum absolute atomic E-state index is 0. The fraction of sp³-hybridized carbons (Fsp3) is 0.240. The average Bonchev–Trinajstić information content (AvgIpc) is 3.26. The van der Waals surface area contributed by atoms with Gasteiger partial charge in [0.1, 0.15) is 11.4 Å². The predicted molar refractivity (Wildman–Crippen MR) is 242 cm³/mol. The van der Waals surface area contributed by atoms with Gasteiger partial charge in [-0.05, 0) is 85.0 Å². The van der Waals surface area contributed by atoms with Gasteiger partial charge in [0.25, 0.3) is 11.1 Å². The second kappa shape index (κ2) is 30.0. The van der Waals surface area contributed by atoms with Crippen LogP contribution in [0.5, 0.6) is 11.5 Å². The second-order valence-corrected chi connectivity index (χ2v) is 16.1. The molecule has 0 aliphatic rings. The van der Waals surface area contributed by atoms with Gasteiger partial charge in [-0.3, -0.25) is 9.59 Å². The maximum atomic E-state index is 12.6. The van der Waals surface area contributed by atoms with Gasteiger partial charge in [0.05, 0.1) is 12.1 Å². The molecule has 6 rings (SSSR count). The van der Waals surface area contributed by atoms with Gasteiger partial charge in [0.2, 0.25) is 0 Å². The molecule has 20 heteroatoms. The molecule has 344 valence electrons. The smallest absolute Gasteiger partial charge is 0.871 e. The Morgan fingerprint density at radius 1 is 0.514 bits per heavy atom. The standard InChI is InChI=1S/2C25H27N3O5.4Na/c1-15-6-4-7-17(10-15)11-18-8-5-9-19(12-18)20(13-21(29)30)26-25(33)27-22-23(31)16(2)14-28(3)24(22)32;1-15-7-9-17(10-8-15)11-18-5-4-6-19(12-18)20(13-21(29)30)26-25(33)27-22-23(31)16(2)14-28(3)24(22)32;;;;/h2*4-10,12,14,20,31H,11,13H2,1-3H3,(H,29,30)(H2,26,27,33);;;;/q;;4*+1/p-4/t2*20-;;;;/m00..../s1. The van der Waals surface area contributed by atoms with Crippen molar-refractivity contribution in [3.8, 4) is 11.5 Å². The summed E-state index contributed by atoms with van der Waals surface area (Å²) in [5, 5.41) is 56.9. The minimum atomic E-state index is -1.35. The molecule has 0 fully saturated rings. The maximum absolute atomic E-state index is 12.6.